The van der Waals surface area contributed by atoms with Gasteiger partial charge in [0.15, 0.2) is 10.9 Å². The van der Waals surface area contributed by atoms with E-state index in [-0.39, 0.29) is 40.9 Å². The third-order valence-corrected chi connectivity index (χ3v) is 5.12. The highest BCUT2D eigenvalue weighted by atomic mass is 32.2. The van der Waals surface area contributed by atoms with Crippen molar-refractivity contribution in [1.29, 1.82) is 0 Å². The number of anilines is 1. The topological polar surface area (TPSA) is 124 Å². The lowest BCUT2D eigenvalue weighted by atomic mass is 10.1. The van der Waals surface area contributed by atoms with E-state index >= 15 is 0 Å². The molecule has 0 saturated heterocycles. The van der Waals surface area contributed by atoms with Gasteiger partial charge in [0.2, 0.25) is 11.8 Å². The summed E-state index contributed by atoms with van der Waals surface area (Å²) in [5.74, 6) is -0.625. The van der Waals surface area contributed by atoms with E-state index in [0.29, 0.717) is 11.8 Å². The third-order valence-electron chi connectivity index (χ3n) is 4.25. The molecule has 3 rings (SSSR count). The number of carbonyl (C=O) groups is 3. The van der Waals surface area contributed by atoms with Crippen molar-refractivity contribution >= 4 is 46.3 Å². The lowest BCUT2D eigenvalue weighted by Gasteiger charge is -2.05. The molecule has 1 amide bonds. The lowest BCUT2D eigenvalue weighted by molar-refractivity contribution is -0.113. The SMILES string of the molecule is CCOC(=O)c1c(NC(=O)CSc2nc3ccc(OCC)cc3[nH]2)oc(C)c1C(C)=O. The first-order valence-electron chi connectivity index (χ1n) is 9.70. The van der Waals surface area contributed by atoms with Gasteiger partial charge in [-0.15, -0.1) is 0 Å². The second-order valence-corrected chi connectivity index (χ2v) is 7.47. The molecule has 0 aliphatic carbocycles. The molecule has 2 aromatic heterocycles. The lowest BCUT2D eigenvalue weighted by Crippen LogP contribution is -2.17. The molecule has 10 heteroatoms. The van der Waals surface area contributed by atoms with Crippen LogP contribution in [0.25, 0.3) is 11.0 Å². The van der Waals surface area contributed by atoms with Gasteiger partial charge in [0.25, 0.3) is 0 Å². The van der Waals surface area contributed by atoms with E-state index < -0.39 is 11.9 Å². The minimum atomic E-state index is -0.727. The minimum absolute atomic E-state index is 0.00948. The molecule has 164 valence electrons. The number of aromatic amines is 1. The van der Waals surface area contributed by atoms with Crippen molar-refractivity contribution in [1.82, 2.24) is 9.97 Å². The normalized spacial score (nSPS) is 10.8. The maximum atomic E-state index is 12.5. The summed E-state index contributed by atoms with van der Waals surface area (Å²) in [6, 6.07) is 5.51. The maximum absolute atomic E-state index is 12.5. The van der Waals surface area contributed by atoms with Gasteiger partial charge in [-0.05, 0) is 39.8 Å². The summed E-state index contributed by atoms with van der Waals surface area (Å²) < 4.78 is 16.0. The number of hydrogen-bond acceptors (Lipinski definition) is 8. The van der Waals surface area contributed by atoms with E-state index in [4.69, 9.17) is 13.9 Å². The van der Waals surface area contributed by atoms with Crippen molar-refractivity contribution in [2.24, 2.45) is 0 Å². The molecule has 2 N–H and O–H groups in total. The first-order valence-corrected chi connectivity index (χ1v) is 10.7. The van der Waals surface area contributed by atoms with Crippen LogP contribution >= 0.6 is 11.8 Å². The van der Waals surface area contributed by atoms with Crippen molar-refractivity contribution in [3.05, 3.63) is 35.1 Å². The first-order chi connectivity index (χ1) is 14.8. The van der Waals surface area contributed by atoms with Gasteiger partial charge in [-0.1, -0.05) is 11.8 Å². The quantitative estimate of drug-likeness (QED) is 0.288. The summed E-state index contributed by atoms with van der Waals surface area (Å²) >= 11 is 1.19. The highest BCUT2D eigenvalue weighted by Gasteiger charge is 2.28. The third kappa shape index (κ3) is 5.08. The molecular weight excluding hydrogens is 422 g/mol. The second kappa shape index (κ2) is 9.69. The summed E-state index contributed by atoms with van der Waals surface area (Å²) in [7, 11) is 0. The van der Waals surface area contributed by atoms with Crippen molar-refractivity contribution in [3.8, 4) is 5.75 Å². The van der Waals surface area contributed by atoms with Crippen LogP contribution in [0.15, 0.2) is 27.8 Å². The van der Waals surface area contributed by atoms with Crippen LogP contribution in [0.1, 0.15) is 47.2 Å². The predicted octanol–water partition coefficient (Wildman–Crippen LogP) is 3.97. The fourth-order valence-electron chi connectivity index (χ4n) is 3.04. The Morgan fingerprint density at radius 3 is 2.65 bits per heavy atom. The maximum Gasteiger partial charge on any atom is 0.344 e. The van der Waals surface area contributed by atoms with Gasteiger partial charge in [-0.3, -0.25) is 14.9 Å². The molecule has 0 fully saturated rings. The number of imidazole rings is 1. The Morgan fingerprint density at radius 1 is 1.19 bits per heavy atom. The van der Waals surface area contributed by atoms with Crippen LogP contribution in [0.4, 0.5) is 5.88 Å². The average Bonchev–Trinajstić information content (AvgIpc) is 3.26. The van der Waals surface area contributed by atoms with Crippen molar-refractivity contribution in [2.75, 3.05) is 24.3 Å². The molecule has 31 heavy (non-hydrogen) atoms. The molecule has 0 saturated carbocycles. The number of esters is 1. The van der Waals surface area contributed by atoms with Crippen LogP contribution in [0, 0.1) is 6.92 Å². The number of ether oxygens (including phenoxy) is 2. The number of aromatic nitrogens is 2. The smallest absolute Gasteiger partial charge is 0.344 e. The Bertz CT molecular complexity index is 1130. The summed E-state index contributed by atoms with van der Waals surface area (Å²) in [5, 5.41) is 3.11. The van der Waals surface area contributed by atoms with Gasteiger partial charge < -0.3 is 18.9 Å². The fourth-order valence-corrected chi connectivity index (χ4v) is 3.73. The monoisotopic (exact) mass is 445 g/mol. The zero-order valence-electron chi connectivity index (χ0n) is 17.7. The second-order valence-electron chi connectivity index (χ2n) is 6.50. The predicted molar refractivity (Wildman–Crippen MR) is 116 cm³/mol. The van der Waals surface area contributed by atoms with Crippen LogP contribution in [-0.4, -0.2) is 46.6 Å². The Kier molecular flexibility index (Phi) is 7.01. The molecule has 0 spiro atoms. The summed E-state index contributed by atoms with van der Waals surface area (Å²) in [6.45, 7) is 7.12. The highest BCUT2D eigenvalue weighted by Crippen LogP contribution is 2.29. The van der Waals surface area contributed by atoms with Crippen molar-refractivity contribution < 1.29 is 28.3 Å². The van der Waals surface area contributed by atoms with Gasteiger partial charge in [-0.25, -0.2) is 9.78 Å². The molecule has 0 aliphatic heterocycles. The number of amides is 1. The Morgan fingerprint density at radius 2 is 1.97 bits per heavy atom. The van der Waals surface area contributed by atoms with E-state index in [1.807, 2.05) is 25.1 Å². The Hall–Kier alpha value is -3.27. The molecule has 2 heterocycles. The number of benzene rings is 1. The zero-order chi connectivity index (χ0) is 22.5. The first kappa shape index (κ1) is 22.4. The zero-order valence-corrected chi connectivity index (χ0v) is 18.5. The van der Waals surface area contributed by atoms with Crippen LogP contribution < -0.4 is 10.1 Å². The summed E-state index contributed by atoms with van der Waals surface area (Å²) in [6.07, 6.45) is 0. The van der Waals surface area contributed by atoms with Crippen molar-refractivity contribution in [2.45, 2.75) is 32.9 Å². The number of Topliss-reactive ketones (excluding diaryl/α,β-unsaturated/α-hetero) is 1. The van der Waals surface area contributed by atoms with Gasteiger partial charge in [0.1, 0.15) is 17.1 Å². The van der Waals surface area contributed by atoms with Crippen LogP contribution in [0.3, 0.4) is 0 Å². The average molecular weight is 445 g/mol. The summed E-state index contributed by atoms with van der Waals surface area (Å²) in [5.41, 5.74) is 1.58. The number of aryl methyl sites for hydroxylation is 1. The van der Waals surface area contributed by atoms with Crippen LogP contribution in [0.5, 0.6) is 5.75 Å². The molecule has 0 bridgehead atoms. The number of nitrogens with zero attached hydrogens (tertiary/aromatic N) is 1. The molecule has 1 aromatic carbocycles. The molecule has 3 aromatic rings. The molecule has 0 aliphatic rings. The number of rotatable bonds is 9. The van der Waals surface area contributed by atoms with E-state index in [2.05, 4.69) is 15.3 Å². The number of furan rings is 1. The molecule has 0 radical (unpaired) electrons. The number of fused-ring (bicyclic) bond motifs is 1. The Labute approximate surface area is 182 Å². The minimum Gasteiger partial charge on any atom is -0.494 e. The number of nitrogens with one attached hydrogen (secondary N) is 2. The van der Waals surface area contributed by atoms with Crippen LogP contribution in [-0.2, 0) is 9.53 Å². The van der Waals surface area contributed by atoms with Gasteiger partial charge in [0.05, 0.1) is 35.6 Å². The number of hydrogen-bond donors (Lipinski definition) is 2. The molecule has 0 atom stereocenters. The molecule has 0 unspecified atom stereocenters. The Balaban J connectivity index is 1.72. The number of carbonyl (C=O) groups excluding carboxylic acids is 3. The number of H-pyrrole nitrogens is 1. The highest BCUT2D eigenvalue weighted by molar-refractivity contribution is 7.99. The van der Waals surface area contributed by atoms with E-state index in [9.17, 15) is 14.4 Å². The van der Waals surface area contributed by atoms with Gasteiger partial charge in [-0.2, -0.15) is 0 Å². The van der Waals surface area contributed by atoms with Gasteiger partial charge in [0, 0.05) is 6.07 Å². The fraction of sp³-hybridized carbons (Fsp3) is 0.333. The van der Waals surface area contributed by atoms with Crippen LogP contribution in [0.2, 0.25) is 0 Å². The van der Waals surface area contributed by atoms with Crippen molar-refractivity contribution in [3.63, 3.8) is 0 Å². The van der Waals surface area contributed by atoms with E-state index in [1.54, 1.807) is 13.8 Å². The van der Waals surface area contributed by atoms with E-state index in [0.717, 1.165) is 16.8 Å². The number of ketones is 1. The standard InChI is InChI=1S/C21H23N3O6S/c1-5-28-13-7-8-14-15(9-13)23-21(22-14)31-10-16(26)24-19-18(20(27)29-6-2)17(11(3)25)12(4)30-19/h7-9H,5-6,10H2,1-4H3,(H,22,23)(H,24,26). The van der Waals surface area contributed by atoms with Gasteiger partial charge >= 0.3 is 5.97 Å². The summed E-state index contributed by atoms with van der Waals surface area (Å²) in [4.78, 5) is 44.3. The molecule has 9 nitrogen and oxygen atoms in total. The van der Waals surface area contributed by atoms with E-state index in [1.165, 1.54) is 18.7 Å². The number of thioether (sulfide) groups is 1. The largest absolute Gasteiger partial charge is 0.494 e. The molecular formula is C21H23N3O6S.